The number of aryl methyl sites for hydroxylation is 2. The van der Waals surface area contributed by atoms with E-state index >= 15 is 0 Å². The van der Waals surface area contributed by atoms with Crippen LogP contribution in [0.15, 0.2) is 36.4 Å². The molecule has 0 atom stereocenters. The van der Waals surface area contributed by atoms with E-state index in [0.29, 0.717) is 0 Å². The minimum Gasteiger partial charge on any atom is -0.357 e. The summed E-state index contributed by atoms with van der Waals surface area (Å²) in [6.07, 6.45) is 0.854. The standard InChI is InChI=1S/2C12H14BN4/c1-8-12-16-10(6-5-7-11(16)14-8)9(2)17(12)13-15(3)4;1-8-12-15-9(7-13-16(2)3)10-5-4-6-11(14-8)17(10)12/h5-7H,2H2,1,3-4H3;4-6H,7H2,1-3H3. The topological polar surface area (TPSA) is 58.9 Å². The Morgan fingerprint density at radius 3 is 2.15 bits per heavy atom. The maximum atomic E-state index is 4.69. The second-order valence-corrected chi connectivity index (χ2v) is 9.06. The minimum atomic E-state index is 0.854. The van der Waals surface area contributed by atoms with Crippen LogP contribution in [-0.2, 0) is 6.32 Å². The molecule has 0 saturated heterocycles. The number of hydrogen-bond acceptors (Lipinski definition) is 5. The van der Waals surface area contributed by atoms with Crippen molar-refractivity contribution in [3.63, 3.8) is 0 Å². The molecule has 0 bridgehead atoms. The van der Waals surface area contributed by atoms with Gasteiger partial charge in [0.2, 0.25) is 7.41 Å². The summed E-state index contributed by atoms with van der Waals surface area (Å²) in [6, 6.07) is 12.3. The molecule has 0 saturated carbocycles. The van der Waals surface area contributed by atoms with Gasteiger partial charge in [0.05, 0.1) is 28.1 Å². The first-order chi connectivity index (χ1) is 16.3. The van der Waals surface area contributed by atoms with Crippen LogP contribution in [0.4, 0.5) is 0 Å². The molecule has 0 fully saturated rings. The third-order valence-electron chi connectivity index (χ3n) is 5.92. The van der Waals surface area contributed by atoms with Crippen molar-refractivity contribution >= 4 is 55.2 Å². The summed E-state index contributed by atoms with van der Waals surface area (Å²) in [6.45, 7) is 8.20. The number of nitrogens with zero attached hydrogens (tertiary/aromatic N) is 8. The molecule has 8 nitrogen and oxygen atoms in total. The summed E-state index contributed by atoms with van der Waals surface area (Å²) < 4.78 is 6.37. The molecular weight excluding hydrogens is 422 g/mol. The van der Waals surface area contributed by atoms with Gasteiger partial charge in [-0.05, 0) is 72.6 Å². The molecule has 6 aromatic heterocycles. The van der Waals surface area contributed by atoms with Crippen molar-refractivity contribution in [2.75, 3.05) is 28.2 Å². The highest BCUT2D eigenvalue weighted by atomic mass is 15.2. The maximum absolute atomic E-state index is 4.69. The van der Waals surface area contributed by atoms with E-state index in [9.17, 15) is 0 Å². The average molecular weight is 450 g/mol. The Kier molecular flexibility index (Phi) is 5.58. The van der Waals surface area contributed by atoms with Crippen LogP contribution in [0.2, 0.25) is 0 Å². The summed E-state index contributed by atoms with van der Waals surface area (Å²) >= 11 is 0. The van der Waals surface area contributed by atoms with E-state index in [0.717, 1.165) is 62.4 Å². The first-order valence-corrected chi connectivity index (χ1v) is 11.3. The van der Waals surface area contributed by atoms with Crippen LogP contribution in [0.1, 0.15) is 17.1 Å². The Balaban J connectivity index is 0.000000142. The van der Waals surface area contributed by atoms with E-state index < -0.39 is 0 Å². The van der Waals surface area contributed by atoms with Gasteiger partial charge in [-0.1, -0.05) is 18.7 Å². The van der Waals surface area contributed by atoms with Gasteiger partial charge < -0.3 is 14.1 Å². The number of aromatic nitrogens is 6. The predicted molar refractivity (Wildman–Crippen MR) is 141 cm³/mol. The van der Waals surface area contributed by atoms with E-state index in [1.165, 1.54) is 0 Å². The zero-order valence-electron chi connectivity index (χ0n) is 20.6. The van der Waals surface area contributed by atoms with Crippen molar-refractivity contribution in [2.24, 2.45) is 0 Å². The van der Waals surface area contributed by atoms with Gasteiger partial charge in [0.1, 0.15) is 16.9 Å². The van der Waals surface area contributed by atoms with Gasteiger partial charge in [0.15, 0.2) is 5.65 Å². The Morgan fingerprint density at radius 1 is 0.824 bits per heavy atom. The normalized spacial score (nSPS) is 12.0. The highest BCUT2D eigenvalue weighted by Crippen LogP contribution is 2.21. The predicted octanol–water partition coefficient (Wildman–Crippen LogP) is 1.98. The van der Waals surface area contributed by atoms with Gasteiger partial charge >= 0.3 is 7.55 Å². The van der Waals surface area contributed by atoms with Crippen molar-refractivity contribution in [3.8, 4) is 0 Å². The molecule has 6 rings (SSSR count). The zero-order chi connectivity index (χ0) is 24.1. The monoisotopic (exact) mass is 450 g/mol. The van der Waals surface area contributed by atoms with Crippen molar-refractivity contribution in [2.45, 2.75) is 20.2 Å². The van der Waals surface area contributed by atoms with Crippen LogP contribution in [0.3, 0.4) is 0 Å². The Bertz CT molecular complexity index is 1640. The lowest BCUT2D eigenvalue weighted by Gasteiger charge is -2.08. The summed E-state index contributed by atoms with van der Waals surface area (Å²) in [7, 11) is 12.2. The van der Waals surface area contributed by atoms with E-state index in [-0.39, 0.29) is 0 Å². The summed E-state index contributed by atoms with van der Waals surface area (Å²) in [5.74, 6) is 0. The molecule has 0 aliphatic carbocycles. The molecule has 0 spiro atoms. The van der Waals surface area contributed by atoms with Crippen molar-refractivity contribution in [3.05, 3.63) is 58.8 Å². The molecule has 0 aromatic carbocycles. The van der Waals surface area contributed by atoms with Crippen molar-refractivity contribution < 1.29 is 0 Å². The molecule has 0 aliphatic heterocycles. The van der Waals surface area contributed by atoms with Gasteiger partial charge in [0.25, 0.3) is 0 Å². The van der Waals surface area contributed by atoms with Gasteiger partial charge in [0, 0.05) is 5.35 Å². The zero-order valence-corrected chi connectivity index (χ0v) is 20.6. The third-order valence-corrected chi connectivity index (χ3v) is 5.92. The van der Waals surface area contributed by atoms with Crippen LogP contribution in [0.25, 0.3) is 40.2 Å². The van der Waals surface area contributed by atoms with Crippen molar-refractivity contribution in [1.29, 1.82) is 0 Å². The van der Waals surface area contributed by atoms with Gasteiger partial charge in [-0.3, -0.25) is 8.80 Å². The number of imidazole rings is 4. The molecular formula is C24H28B2N8. The van der Waals surface area contributed by atoms with Crippen LogP contribution in [0.5, 0.6) is 0 Å². The summed E-state index contributed by atoms with van der Waals surface area (Å²) in [5, 5.41) is 0.991. The molecule has 0 amide bonds. The smallest absolute Gasteiger partial charge is 0.357 e. The molecule has 10 heteroatoms. The van der Waals surface area contributed by atoms with Gasteiger partial charge in [-0.2, -0.15) is 0 Å². The van der Waals surface area contributed by atoms with Crippen LogP contribution in [-0.4, -0.2) is 81.0 Å². The summed E-state index contributed by atoms with van der Waals surface area (Å²) in [4.78, 5) is 17.8. The van der Waals surface area contributed by atoms with Gasteiger partial charge in [-0.15, -0.1) is 0 Å². The Labute approximate surface area is 200 Å². The molecule has 6 aromatic rings. The first-order valence-electron chi connectivity index (χ1n) is 11.3. The molecule has 0 unspecified atom stereocenters. The number of pyridine rings is 2. The summed E-state index contributed by atoms with van der Waals surface area (Å²) in [5.41, 5.74) is 9.44. The second-order valence-electron chi connectivity index (χ2n) is 9.06. The van der Waals surface area contributed by atoms with Gasteiger partial charge in [-0.25, -0.2) is 15.0 Å². The lowest BCUT2D eigenvalue weighted by molar-refractivity contribution is 0.648. The maximum Gasteiger partial charge on any atom is 0.357 e. The van der Waals surface area contributed by atoms with E-state index in [1.807, 2.05) is 78.7 Å². The quantitative estimate of drug-likeness (QED) is 0.376. The van der Waals surface area contributed by atoms with Crippen molar-refractivity contribution in [1.82, 2.24) is 37.9 Å². The molecule has 2 radical (unpaired) electrons. The fraction of sp³-hybridized carbons (Fsp3) is 0.292. The largest absolute Gasteiger partial charge is 0.357 e. The fourth-order valence-electron chi connectivity index (χ4n) is 4.46. The number of rotatable bonds is 5. The fourth-order valence-corrected chi connectivity index (χ4v) is 4.46. The Morgan fingerprint density at radius 2 is 1.47 bits per heavy atom. The molecule has 0 aliphatic rings. The van der Waals surface area contributed by atoms with Crippen LogP contribution in [0, 0.1) is 13.8 Å². The van der Waals surface area contributed by atoms with Crippen LogP contribution < -0.4 is 5.35 Å². The molecule has 6 heterocycles. The SMILES string of the molecule is C=c1c2cccc3nc(C)c(n1[B]N(C)C)n32.Cc1nc2cccc3c(C[B]N(C)C)nc1n23. The lowest BCUT2D eigenvalue weighted by Crippen LogP contribution is -2.31. The van der Waals surface area contributed by atoms with E-state index in [2.05, 4.69) is 59.2 Å². The average Bonchev–Trinajstić information content (AvgIpc) is 3.49. The highest BCUT2D eigenvalue weighted by Gasteiger charge is 2.16. The third kappa shape index (κ3) is 3.63. The highest BCUT2D eigenvalue weighted by molar-refractivity contribution is 6.31. The molecule has 170 valence electrons. The Hall–Kier alpha value is -3.36. The second kappa shape index (κ2) is 8.45. The minimum absolute atomic E-state index is 0.854. The van der Waals surface area contributed by atoms with Crippen LogP contribution >= 0.6 is 0 Å². The van der Waals surface area contributed by atoms with E-state index in [1.54, 1.807) is 0 Å². The molecule has 0 N–H and O–H groups in total. The van der Waals surface area contributed by atoms with E-state index in [4.69, 9.17) is 0 Å². The first kappa shape index (κ1) is 22.4. The molecule has 34 heavy (non-hydrogen) atoms. The number of hydrogen-bond donors (Lipinski definition) is 0. The lowest BCUT2D eigenvalue weighted by atomic mass is 9.85.